The van der Waals surface area contributed by atoms with Gasteiger partial charge in [0.2, 0.25) is 5.91 Å². The average Bonchev–Trinajstić information content (AvgIpc) is 2.88. The summed E-state index contributed by atoms with van der Waals surface area (Å²) in [5.74, 6) is -0.162. The summed E-state index contributed by atoms with van der Waals surface area (Å²) in [5, 5.41) is 6.16. The van der Waals surface area contributed by atoms with E-state index in [9.17, 15) is 9.59 Å². The lowest BCUT2D eigenvalue weighted by Gasteiger charge is -2.22. The summed E-state index contributed by atoms with van der Waals surface area (Å²) in [4.78, 5) is 28.8. The molecule has 2 heterocycles. The first-order valence-corrected chi connectivity index (χ1v) is 8.31. The summed E-state index contributed by atoms with van der Waals surface area (Å²) < 4.78 is 6.25. The van der Waals surface area contributed by atoms with Crippen LogP contribution in [0.2, 0.25) is 0 Å². The van der Waals surface area contributed by atoms with Gasteiger partial charge in [0.05, 0.1) is 23.4 Å². The highest BCUT2D eigenvalue weighted by Gasteiger charge is 2.18. The van der Waals surface area contributed by atoms with Crippen molar-refractivity contribution in [1.29, 1.82) is 0 Å². The molecule has 0 bridgehead atoms. The molecule has 0 radical (unpaired) electrons. The number of aromatic nitrogens is 1. The number of nitrogens with one attached hydrogen (secondary N) is 3. The van der Waals surface area contributed by atoms with E-state index in [0.29, 0.717) is 30.6 Å². The summed E-state index contributed by atoms with van der Waals surface area (Å²) >= 11 is 1.43. The van der Waals surface area contributed by atoms with E-state index in [0.717, 1.165) is 23.3 Å². The zero-order valence-electron chi connectivity index (χ0n) is 12.8. The summed E-state index contributed by atoms with van der Waals surface area (Å²) in [5.41, 5.74) is 1.46. The minimum atomic E-state index is -0.124. The molecule has 2 amide bonds. The number of morpholine rings is 1. The van der Waals surface area contributed by atoms with Gasteiger partial charge in [-0.25, -0.2) is 4.98 Å². The van der Waals surface area contributed by atoms with Crippen LogP contribution >= 0.6 is 11.3 Å². The number of carbonyl (C=O) groups is 2. The van der Waals surface area contributed by atoms with Gasteiger partial charge in [-0.05, 0) is 18.2 Å². The fourth-order valence-electron chi connectivity index (χ4n) is 2.49. The number of amides is 2. The van der Waals surface area contributed by atoms with Crippen molar-refractivity contribution in [3.8, 4) is 0 Å². The molecule has 1 fully saturated rings. The zero-order valence-corrected chi connectivity index (χ0v) is 13.7. The molecule has 1 aliphatic heterocycles. The standard InChI is InChI=1S/C15H18N4O3S/c1-10(20)16-11-2-3-13-12(8-11)17-15(23-13)18-14(21)9-19-4-6-22-7-5-19/h2-3,8H,4-7,9H2,1H3,(H,16,20)(H,17,18,21)/p+1. The monoisotopic (exact) mass is 335 g/mol. The number of ether oxygens (including phenoxy) is 1. The zero-order chi connectivity index (χ0) is 16.2. The normalized spacial score (nSPS) is 15.5. The first-order valence-electron chi connectivity index (χ1n) is 7.49. The predicted molar refractivity (Wildman–Crippen MR) is 88.9 cm³/mol. The molecule has 0 atom stereocenters. The topological polar surface area (TPSA) is 84.8 Å². The van der Waals surface area contributed by atoms with E-state index >= 15 is 0 Å². The van der Waals surface area contributed by atoms with Crippen LogP contribution in [0.4, 0.5) is 10.8 Å². The Kier molecular flexibility index (Phi) is 4.85. The Balaban J connectivity index is 1.65. The van der Waals surface area contributed by atoms with E-state index in [2.05, 4.69) is 15.6 Å². The second-order valence-electron chi connectivity index (χ2n) is 5.47. The number of thiazole rings is 1. The molecule has 8 heteroatoms. The van der Waals surface area contributed by atoms with Crippen LogP contribution in [0.3, 0.4) is 0 Å². The molecule has 23 heavy (non-hydrogen) atoms. The highest BCUT2D eigenvalue weighted by molar-refractivity contribution is 7.22. The Bertz CT molecular complexity index is 725. The lowest BCUT2D eigenvalue weighted by atomic mass is 10.3. The molecular formula is C15H19N4O3S+. The molecule has 0 spiro atoms. The second kappa shape index (κ2) is 7.03. The van der Waals surface area contributed by atoms with Crippen molar-refractivity contribution >= 4 is 44.2 Å². The lowest BCUT2D eigenvalue weighted by molar-refractivity contribution is -0.899. The molecule has 122 valence electrons. The lowest BCUT2D eigenvalue weighted by Crippen LogP contribution is -3.15. The highest BCUT2D eigenvalue weighted by atomic mass is 32.1. The Morgan fingerprint density at radius 1 is 1.30 bits per heavy atom. The summed E-state index contributed by atoms with van der Waals surface area (Å²) in [6, 6.07) is 5.52. The van der Waals surface area contributed by atoms with E-state index in [-0.39, 0.29) is 11.8 Å². The largest absolute Gasteiger partial charge is 0.370 e. The maximum atomic E-state index is 12.1. The van der Waals surface area contributed by atoms with Crippen molar-refractivity contribution in [3.63, 3.8) is 0 Å². The summed E-state index contributed by atoms with van der Waals surface area (Å²) in [6.45, 7) is 5.01. The van der Waals surface area contributed by atoms with Crippen LogP contribution in [0.1, 0.15) is 6.92 Å². The maximum absolute atomic E-state index is 12.1. The minimum absolute atomic E-state index is 0.0389. The van der Waals surface area contributed by atoms with E-state index in [1.807, 2.05) is 12.1 Å². The van der Waals surface area contributed by atoms with Crippen molar-refractivity contribution in [2.45, 2.75) is 6.92 Å². The van der Waals surface area contributed by atoms with Crippen LogP contribution in [0.5, 0.6) is 0 Å². The van der Waals surface area contributed by atoms with Gasteiger partial charge in [0, 0.05) is 12.6 Å². The van der Waals surface area contributed by atoms with Gasteiger partial charge in [0.15, 0.2) is 11.7 Å². The Hall–Kier alpha value is -2.03. The van der Waals surface area contributed by atoms with Crippen molar-refractivity contribution in [1.82, 2.24) is 4.98 Å². The molecular weight excluding hydrogens is 316 g/mol. The van der Waals surface area contributed by atoms with Gasteiger partial charge < -0.3 is 15.0 Å². The predicted octanol–water partition coefficient (Wildman–Crippen LogP) is 0.108. The quantitative estimate of drug-likeness (QED) is 0.740. The molecule has 0 saturated carbocycles. The fraction of sp³-hybridized carbons (Fsp3) is 0.400. The van der Waals surface area contributed by atoms with Gasteiger partial charge in [-0.1, -0.05) is 11.3 Å². The molecule has 2 aromatic rings. The van der Waals surface area contributed by atoms with Crippen LogP contribution in [0.15, 0.2) is 18.2 Å². The first-order chi connectivity index (χ1) is 11.1. The SMILES string of the molecule is CC(=O)Nc1ccc2sc(NC(=O)C[NH+]3CCOCC3)nc2c1. The van der Waals surface area contributed by atoms with E-state index in [1.54, 1.807) is 6.07 Å². The fourth-order valence-corrected chi connectivity index (χ4v) is 3.35. The minimum Gasteiger partial charge on any atom is -0.370 e. The number of quaternary nitrogens is 1. The molecule has 1 aromatic carbocycles. The van der Waals surface area contributed by atoms with E-state index in [1.165, 1.54) is 23.2 Å². The number of anilines is 2. The number of nitrogens with zero attached hydrogens (tertiary/aromatic N) is 1. The highest BCUT2D eigenvalue weighted by Crippen LogP contribution is 2.28. The van der Waals surface area contributed by atoms with Gasteiger partial charge >= 0.3 is 0 Å². The van der Waals surface area contributed by atoms with Gasteiger partial charge in [-0.3, -0.25) is 14.9 Å². The Morgan fingerprint density at radius 3 is 2.83 bits per heavy atom. The third-order valence-electron chi connectivity index (χ3n) is 3.56. The average molecular weight is 335 g/mol. The van der Waals surface area contributed by atoms with Crippen molar-refractivity contribution in [2.75, 3.05) is 43.5 Å². The van der Waals surface area contributed by atoms with Gasteiger partial charge in [-0.2, -0.15) is 0 Å². The summed E-state index contributed by atoms with van der Waals surface area (Å²) in [6.07, 6.45) is 0. The van der Waals surface area contributed by atoms with Crippen LogP contribution in [0, 0.1) is 0 Å². The maximum Gasteiger partial charge on any atom is 0.281 e. The van der Waals surface area contributed by atoms with Gasteiger partial charge in [0.25, 0.3) is 5.91 Å². The number of hydrogen-bond acceptors (Lipinski definition) is 5. The smallest absolute Gasteiger partial charge is 0.281 e. The molecule has 7 nitrogen and oxygen atoms in total. The third-order valence-corrected chi connectivity index (χ3v) is 4.52. The number of rotatable bonds is 4. The van der Waals surface area contributed by atoms with Crippen LogP contribution in [-0.4, -0.2) is 49.6 Å². The van der Waals surface area contributed by atoms with Crippen LogP contribution in [0.25, 0.3) is 10.2 Å². The van der Waals surface area contributed by atoms with E-state index < -0.39 is 0 Å². The van der Waals surface area contributed by atoms with Crippen molar-refractivity contribution in [2.24, 2.45) is 0 Å². The number of hydrogen-bond donors (Lipinski definition) is 3. The molecule has 3 rings (SSSR count). The Labute approximate surface area is 137 Å². The molecule has 3 N–H and O–H groups in total. The van der Waals surface area contributed by atoms with E-state index in [4.69, 9.17) is 4.74 Å². The van der Waals surface area contributed by atoms with Gasteiger partial charge in [-0.15, -0.1) is 0 Å². The molecule has 1 aliphatic rings. The van der Waals surface area contributed by atoms with Gasteiger partial charge in [0.1, 0.15) is 13.1 Å². The number of fused-ring (bicyclic) bond motifs is 1. The number of carbonyl (C=O) groups excluding carboxylic acids is 2. The molecule has 0 unspecified atom stereocenters. The Morgan fingerprint density at radius 2 is 2.09 bits per heavy atom. The van der Waals surface area contributed by atoms with Crippen LogP contribution < -0.4 is 15.5 Å². The molecule has 1 saturated heterocycles. The van der Waals surface area contributed by atoms with Crippen molar-refractivity contribution in [3.05, 3.63) is 18.2 Å². The van der Waals surface area contributed by atoms with Crippen molar-refractivity contribution < 1.29 is 19.2 Å². The second-order valence-corrected chi connectivity index (χ2v) is 6.50. The molecule has 0 aliphatic carbocycles. The first kappa shape index (κ1) is 15.9. The summed E-state index contributed by atoms with van der Waals surface area (Å²) in [7, 11) is 0. The number of benzene rings is 1. The third kappa shape index (κ3) is 4.25. The molecule has 1 aromatic heterocycles. The van der Waals surface area contributed by atoms with Crippen LogP contribution in [-0.2, 0) is 14.3 Å².